The lowest BCUT2D eigenvalue weighted by atomic mass is 10.1. The van der Waals surface area contributed by atoms with E-state index < -0.39 is 17.9 Å². The van der Waals surface area contributed by atoms with Crippen molar-refractivity contribution in [1.82, 2.24) is 26.3 Å². The van der Waals surface area contributed by atoms with Crippen LogP contribution >= 0.6 is 0 Å². The number of aromatic amines is 1. The fraction of sp³-hybridized carbons (Fsp3) is 0.538. The molecule has 0 aliphatic carbocycles. The summed E-state index contributed by atoms with van der Waals surface area (Å²) in [4.78, 5) is 51.6. The quantitative estimate of drug-likeness (QED) is 0.131. The summed E-state index contributed by atoms with van der Waals surface area (Å²) < 4.78 is 0. The van der Waals surface area contributed by atoms with Gasteiger partial charge in [-0.3, -0.25) is 19.2 Å². The zero-order valence-electron chi connectivity index (χ0n) is 21.4. The Morgan fingerprint density at radius 2 is 1.59 bits per heavy atom. The molecular weight excluding hydrogens is 474 g/mol. The fourth-order valence-electron chi connectivity index (χ4n) is 3.91. The number of nitrogens with two attached hydrogens (primary N) is 2. The Bertz CT molecular complexity index is 1010. The van der Waals surface area contributed by atoms with Gasteiger partial charge in [-0.1, -0.05) is 18.2 Å². The van der Waals surface area contributed by atoms with Crippen molar-refractivity contribution in [2.24, 2.45) is 11.5 Å². The predicted octanol–water partition coefficient (Wildman–Crippen LogP) is 0.192. The number of fused-ring (bicyclic) bond motifs is 1. The van der Waals surface area contributed by atoms with Crippen molar-refractivity contribution in [3.63, 3.8) is 0 Å². The first-order chi connectivity index (χ1) is 17.9. The number of primary amides is 1. The van der Waals surface area contributed by atoms with Crippen LogP contribution in [-0.2, 0) is 25.6 Å². The van der Waals surface area contributed by atoms with Crippen LogP contribution in [0.15, 0.2) is 30.5 Å². The number of hydrogen-bond donors (Lipinski definition) is 7. The largest absolute Gasteiger partial charge is 0.370 e. The summed E-state index contributed by atoms with van der Waals surface area (Å²) in [6.45, 7) is 3.17. The molecule has 0 aliphatic rings. The molecular formula is C26H41N7O4. The third kappa shape index (κ3) is 11.9. The number of rotatable bonds is 19. The van der Waals surface area contributed by atoms with Crippen LogP contribution in [0.4, 0.5) is 0 Å². The van der Waals surface area contributed by atoms with Gasteiger partial charge in [-0.25, -0.2) is 0 Å². The molecule has 0 bridgehead atoms. The smallest absolute Gasteiger partial charge is 0.243 e. The summed E-state index contributed by atoms with van der Waals surface area (Å²) in [5.41, 5.74) is 12.5. The summed E-state index contributed by atoms with van der Waals surface area (Å²) in [5.74, 6) is -1.47. The first-order valence-corrected chi connectivity index (χ1v) is 13.0. The Morgan fingerprint density at radius 1 is 0.865 bits per heavy atom. The maximum absolute atomic E-state index is 12.6. The second-order valence-corrected chi connectivity index (χ2v) is 9.02. The molecule has 9 N–H and O–H groups in total. The van der Waals surface area contributed by atoms with Crippen molar-refractivity contribution in [3.05, 3.63) is 36.0 Å². The van der Waals surface area contributed by atoms with E-state index >= 15 is 0 Å². The molecule has 37 heavy (non-hydrogen) atoms. The lowest BCUT2D eigenvalue weighted by Gasteiger charge is -2.17. The number of nitrogens with one attached hydrogen (secondary N) is 5. The average Bonchev–Trinajstić information content (AvgIpc) is 3.27. The standard InChI is InChI=1S/C26H41N7O4/c27-11-4-7-12-29-15-10-24(35)30-13-5-1-6-14-31-26(37)22(17-23(28)34)33-25(36)16-19-18-32-21-9-3-2-8-20(19)21/h2-3,8-9,18,22,29,32H,1,4-7,10-17,27H2,(H2,28,34)(H,30,35)(H,31,37)(H,33,36). The number of aromatic nitrogens is 1. The topological polar surface area (TPSA) is 184 Å². The molecule has 0 saturated heterocycles. The molecule has 0 radical (unpaired) electrons. The number of benzene rings is 1. The summed E-state index contributed by atoms with van der Waals surface area (Å²) in [5, 5.41) is 12.4. The first-order valence-electron chi connectivity index (χ1n) is 13.0. The first kappa shape index (κ1) is 29.8. The van der Waals surface area contributed by atoms with Crippen LogP contribution in [0.3, 0.4) is 0 Å². The summed E-state index contributed by atoms with van der Waals surface area (Å²) in [7, 11) is 0. The number of carbonyl (C=O) groups excluding carboxylic acids is 4. The van der Waals surface area contributed by atoms with Gasteiger partial charge < -0.3 is 37.7 Å². The van der Waals surface area contributed by atoms with Gasteiger partial charge in [0.05, 0.1) is 12.8 Å². The number of carbonyl (C=O) groups is 4. The lowest BCUT2D eigenvalue weighted by Crippen LogP contribution is -2.49. The molecule has 4 amide bonds. The number of amides is 4. The van der Waals surface area contributed by atoms with E-state index in [4.69, 9.17) is 11.5 Å². The van der Waals surface area contributed by atoms with E-state index in [9.17, 15) is 19.2 Å². The lowest BCUT2D eigenvalue weighted by molar-refractivity contribution is -0.131. The zero-order chi connectivity index (χ0) is 26.9. The third-order valence-corrected chi connectivity index (χ3v) is 5.89. The maximum Gasteiger partial charge on any atom is 0.243 e. The van der Waals surface area contributed by atoms with Crippen molar-refractivity contribution in [3.8, 4) is 0 Å². The number of hydrogen-bond acceptors (Lipinski definition) is 6. The van der Waals surface area contributed by atoms with Gasteiger partial charge in [0.2, 0.25) is 23.6 Å². The second kappa shape index (κ2) is 17.1. The van der Waals surface area contributed by atoms with Gasteiger partial charge in [-0.2, -0.15) is 0 Å². The van der Waals surface area contributed by atoms with Crippen LogP contribution in [0.25, 0.3) is 10.9 Å². The van der Waals surface area contributed by atoms with E-state index in [2.05, 4.69) is 26.3 Å². The molecule has 0 aliphatic heterocycles. The van der Waals surface area contributed by atoms with E-state index in [1.807, 2.05) is 24.3 Å². The maximum atomic E-state index is 12.6. The van der Waals surface area contributed by atoms with E-state index in [0.717, 1.165) is 48.7 Å². The Hall–Kier alpha value is -3.44. The SMILES string of the molecule is NCCCCNCCC(=O)NCCCCCNC(=O)C(CC(N)=O)NC(=O)Cc1c[nH]c2ccccc12. The molecule has 2 aromatic rings. The highest BCUT2D eigenvalue weighted by Gasteiger charge is 2.23. The van der Waals surface area contributed by atoms with E-state index in [0.29, 0.717) is 39.0 Å². The van der Waals surface area contributed by atoms with Crippen LogP contribution in [0, 0.1) is 0 Å². The van der Waals surface area contributed by atoms with Crippen LogP contribution in [-0.4, -0.2) is 67.4 Å². The molecule has 0 spiro atoms. The van der Waals surface area contributed by atoms with Gasteiger partial charge in [0.1, 0.15) is 6.04 Å². The number of H-pyrrole nitrogens is 1. The number of para-hydroxylation sites is 1. The highest BCUT2D eigenvalue weighted by molar-refractivity contribution is 5.94. The van der Waals surface area contributed by atoms with E-state index in [1.165, 1.54) is 0 Å². The minimum absolute atomic E-state index is 0.0114. The Balaban J connectivity index is 1.62. The van der Waals surface area contributed by atoms with Gasteiger partial charge in [0, 0.05) is 43.2 Å². The van der Waals surface area contributed by atoms with Crippen LogP contribution in [0.1, 0.15) is 50.5 Å². The molecule has 11 heteroatoms. The highest BCUT2D eigenvalue weighted by atomic mass is 16.2. The van der Waals surface area contributed by atoms with E-state index in [-0.39, 0.29) is 24.7 Å². The minimum Gasteiger partial charge on any atom is -0.370 e. The van der Waals surface area contributed by atoms with Crippen LogP contribution < -0.4 is 32.7 Å². The molecule has 2 rings (SSSR count). The van der Waals surface area contributed by atoms with Gasteiger partial charge >= 0.3 is 0 Å². The van der Waals surface area contributed by atoms with Crippen molar-refractivity contribution in [2.45, 2.75) is 57.4 Å². The number of unbranched alkanes of at least 4 members (excludes halogenated alkanes) is 3. The summed E-state index contributed by atoms with van der Waals surface area (Å²) >= 11 is 0. The molecule has 0 saturated carbocycles. The van der Waals surface area contributed by atoms with Gasteiger partial charge in [-0.05, 0) is 56.8 Å². The highest BCUT2D eigenvalue weighted by Crippen LogP contribution is 2.18. The Labute approximate surface area is 217 Å². The second-order valence-electron chi connectivity index (χ2n) is 9.02. The monoisotopic (exact) mass is 515 g/mol. The van der Waals surface area contributed by atoms with E-state index in [1.54, 1.807) is 6.20 Å². The summed E-state index contributed by atoms with van der Waals surface area (Å²) in [6, 6.07) is 6.59. The zero-order valence-corrected chi connectivity index (χ0v) is 21.4. The molecule has 1 heterocycles. The van der Waals surface area contributed by atoms with Gasteiger partial charge in [-0.15, -0.1) is 0 Å². The van der Waals surface area contributed by atoms with Crippen molar-refractivity contribution >= 4 is 34.5 Å². The normalized spacial score (nSPS) is 11.7. The summed E-state index contributed by atoms with van der Waals surface area (Å²) in [6.07, 6.45) is 6.28. The molecule has 1 atom stereocenters. The van der Waals surface area contributed by atoms with Crippen molar-refractivity contribution in [2.75, 3.05) is 32.7 Å². The van der Waals surface area contributed by atoms with Gasteiger partial charge in [0.15, 0.2) is 0 Å². The Morgan fingerprint density at radius 3 is 2.35 bits per heavy atom. The molecule has 0 fully saturated rings. The van der Waals surface area contributed by atoms with Crippen molar-refractivity contribution in [1.29, 1.82) is 0 Å². The fourth-order valence-corrected chi connectivity index (χ4v) is 3.91. The Kier molecular flexibility index (Phi) is 13.8. The van der Waals surface area contributed by atoms with Crippen molar-refractivity contribution < 1.29 is 19.2 Å². The average molecular weight is 516 g/mol. The minimum atomic E-state index is -1.03. The molecule has 1 aromatic carbocycles. The van der Waals surface area contributed by atoms with Crippen LogP contribution in [0.5, 0.6) is 0 Å². The molecule has 1 unspecified atom stereocenters. The third-order valence-electron chi connectivity index (χ3n) is 5.89. The van der Waals surface area contributed by atoms with Gasteiger partial charge in [0.25, 0.3) is 0 Å². The molecule has 11 nitrogen and oxygen atoms in total. The predicted molar refractivity (Wildman–Crippen MR) is 143 cm³/mol. The molecule has 204 valence electrons. The van der Waals surface area contributed by atoms with Crippen LogP contribution in [0.2, 0.25) is 0 Å². The molecule has 1 aromatic heterocycles.